The summed E-state index contributed by atoms with van der Waals surface area (Å²) in [6.45, 7) is 6.89. The summed E-state index contributed by atoms with van der Waals surface area (Å²) in [6.07, 6.45) is 4.87. The van der Waals surface area contributed by atoms with Crippen molar-refractivity contribution in [1.29, 1.82) is 0 Å². The number of nitrogens with zero attached hydrogens (tertiary/aromatic N) is 4. The number of hydrogen-bond acceptors (Lipinski definition) is 5. The quantitative estimate of drug-likeness (QED) is 0.849. The Morgan fingerprint density at radius 3 is 2.78 bits per heavy atom. The van der Waals surface area contributed by atoms with Gasteiger partial charge in [-0.3, -0.25) is 0 Å². The lowest BCUT2D eigenvalue weighted by Crippen LogP contribution is -2.36. The Kier molecular flexibility index (Phi) is 5.05. The number of piperidine rings is 1. The van der Waals surface area contributed by atoms with Crippen LogP contribution in [0.2, 0.25) is 0 Å². The highest BCUT2D eigenvalue weighted by atomic mass is 16.5. The van der Waals surface area contributed by atoms with E-state index >= 15 is 0 Å². The normalized spacial score (nSPS) is 15.7. The van der Waals surface area contributed by atoms with Crippen LogP contribution >= 0.6 is 0 Å². The predicted octanol–water partition coefficient (Wildman–Crippen LogP) is 3.04. The van der Waals surface area contributed by atoms with Crippen molar-refractivity contribution in [3.8, 4) is 5.88 Å². The van der Waals surface area contributed by atoms with Crippen LogP contribution in [0.15, 0.2) is 30.6 Å². The lowest BCUT2D eigenvalue weighted by Gasteiger charge is -2.32. The summed E-state index contributed by atoms with van der Waals surface area (Å²) in [5.74, 6) is 2.37. The summed E-state index contributed by atoms with van der Waals surface area (Å²) in [5.41, 5.74) is 2.10. The smallest absolute Gasteiger partial charge is 0.213 e. The van der Waals surface area contributed by atoms with Gasteiger partial charge in [0.05, 0.1) is 6.61 Å². The summed E-state index contributed by atoms with van der Waals surface area (Å²) >= 11 is 0. The lowest BCUT2D eigenvalue weighted by molar-refractivity contribution is 0.215. The maximum absolute atomic E-state index is 5.85. The third-order valence-corrected chi connectivity index (χ3v) is 4.34. The minimum absolute atomic E-state index is 0.584. The number of aromatic nitrogens is 3. The molecule has 2 aromatic heterocycles. The first kappa shape index (κ1) is 15.7. The Balaban J connectivity index is 1.50. The van der Waals surface area contributed by atoms with Crippen molar-refractivity contribution in [2.24, 2.45) is 5.92 Å². The molecule has 0 N–H and O–H groups in total. The van der Waals surface area contributed by atoms with E-state index in [9.17, 15) is 0 Å². The Morgan fingerprint density at radius 2 is 2.04 bits per heavy atom. The van der Waals surface area contributed by atoms with E-state index in [1.54, 1.807) is 6.33 Å². The first-order chi connectivity index (χ1) is 11.2. The first-order valence-corrected chi connectivity index (χ1v) is 8.37. The molecule has 0 aromatic carbocycles. The van der Waals surface area contributed by atoms with Crippen LogP contribution in [0.5, 0.6) is 5.88 Å². The molecule has 0 amide bonds. The van der Waals surface area contributed by atoms with Crippen LogP contribution < -0.4 is 9.64 Å². The molecule has 3 heterocycles. The highest BCUT2D eigenvalue weighted by Crippen LogP contribution is 2.22. The maximum Gasteiger partial charge on any atom is 0.213 e. The standard InChI is InChI=1S/C18H24N4O/c1-3-16-11-17(20-13-19-16)22-9-7-15(8-10-22)12-23-18-6-4-5-14(2)21-18/h4-6,11,13,15H,3,7-10,12H2,1-2H3. The van der Waals surface area contributed by atoms with Crippen molar-refractivity contribution in [2.75, 3.05) is 24.6 Å². The molecule has 0 spiro atoms. The number of rotatable bonds is 5. The predicted molar refractivity (Wildman–Crippen MR) is 90.8 cm³/mol. The largest absolute Gasteiger partial charge is 0.477 e. The Hall–Kier alpha value is -2.17. The van der Waals surface area contributed by atoms with E-state index in [4.69, 9.17) is 4.74 Å². The number of pyridine rings is 1. The van der Waals surface area contributed by atoms with Crippen LogP contribution in [0, 0.1) is 12.8 Å². The van der Waals surface area contributed by atoms with Crippen LogP contribution in [-0.2, 0) is 6.42 Å². The Labute approximate surface area is 137 Å². The molecule has 5 nitrogen and oxygen atoms in total. The molecular formula is C18H24N4O. The van der Waals surface area contributed by atoms with Gasteiger partial charge in [0.15, 0.2) is 0 Å². The zero-order valence-electron chi connectivity index (χ0n) is 13.9. The van der Waals surface area contributed by atoms with Gasteiger partial charge in [0.1, 0.15) is 12.1 Å². The molecule has 2 aromatic rings. The first-order valence-electron chi connectivity index (χ1n) is 8.37. The highest BCUT2D eigenvalue weighted by molar-refractivity contribution is 5.39. The number of ether oxygens (including phenoxy) is 1. The van der Waals surface area contributed by atoms with Crippen molar-refractivity contribution >= 4 is 5.82 Å². The molecule has 3 rings (SSSR count). The zero-order valence-corrected chi connectivity index (χ0v) is 13.9. The van der Waals surface area contributed by atoms with Gasteiger partial charge in [-0.15, -0.1) is 0 Å². The molecule has 0 saturated carbocycles. The maximum atomic E-state index is 5.85. The second-order valence-corrected chi connectivity index (χ2v) is 6.08. The van der Waals surface area contributed by atoms with Gasteiger partial charge < -0.3 is 9.64 Å². The molecule has 23 heavy (non-hydrogen) atoms. The Bertz CT molecular complexity index is 638. The molecule has 0 aliphatic carbocycles. The van der Waals surface area contributed by atoms with Crippen LogP contribution in [0.4, 0.5) is 5.82 Å². The molecule has 5 heteroatoms. The fraction of sp³-hybridized carbons (Fsp3) is 0.500. The molecule has 0 radical (unpaired) electrons. The molecule has 1 saturated heterocycles. The second-order valence-electron chi connectivity index (χ2n) is 6.08. The van der Waals surface area contributed by atoms with Crippen molar-refractivity contribution in [3.05, 3.63) is 42.0 Å². The van der Waals surface area contributed by atoms with Gasteiger partial charge in [0.25, 0.3) is 0 Å². The van der Waals surface area contributed by atoms with Gasteiger partial charge in [-0.2, -0.15) is 0 Å². The van der Waals surface area contributed by atoms with Gasteiger partial charge in [-0.05, 0) is 38.2 Å². The zero-order chi connectivity index (χ0) is 16.1. The third-order valence-electron chi connectivity index (χ3n) is 4.34. The summed E-state index contributed by atoms with van der Waals surface area (Å²) in [5, 5.41) is 0. The van der Waals surface area contributed by atoms with E-state index in [2.05, 4.69) is 32.8 Å². The summed E-state index contributed by atoms with van der Waals surface area (Å²) < 4.78 is 5.85. The van der Waals surface area contributed by atoms with Crippen molar-refractivity contribution in [3.63, 3.8) is 0 Å². The SMILES string of the molecule is CCc1cc(N2CCC(COc3cccc(C)n3)CC2)ncn1. The summed E-state index contributed by atoms with van der Waals surface area (Å²) in [7, 11) is 0. The van der Waals surface area contributed by atoms with Crippen molar-refractivity contribution < 1.29 is 4.74 Å². The Morgan fingerprint density at radius 1 is 1.22 bits per heavy atom. The van der Waals surface area contributed by atoms with Gasteiger partial charge in [-0.1, -0.05) is 13.0 Å². The second kappa shape index (κ2) is 7.40. The monoisotopic (exact) mass is 312 g/mol. The van der Waals surface area contributed by atoms with Crippen molar-refractivity contribution in [2.45, 2.75) is 33.1 Å². The minimum Gasteiger partial charge on any atom is -0.477 e. The molecule has 0 unspecified atom stereocenters. The van der Waals surface area contributed by atoms with E-state index in [0.29, 0.717) is 5.92 Å². The van der Waals surface area contributed by atoms with Crippen molar-refractivity contribution in [1.82, 2.24) is 15.0 Å². The van der Waals surface area contributed by atoms with E-state index in [0.717, 1.165) is 62.0 Å². The van der Waals surface area contributed by atoms with E-state index < -0.39 is 0 Å². The molecule has 0 bridgehead atoms. The highest BCUT2D eigenvalue weighted by Gasteiger charge is 2.21. The topological polar surface area (TPSA) is 51.1 Å². The number of anilines is 1. The fourth-order valence-electron chi connectivity index (χ4n) is 2.88. The molecule has 1 fully saturated rings. The van der Waals surface area contributed by atoms with Crippen LogP contribution in [0.1, 0.15) is 31.2 Å². The van der Waals surface area contributed by atoms with Crippen LogP contribution in [0.25, 0.3) is 0 Å². The summed E-state index contributed by atoms with van der Waals surface area (Å²) in [4.78, 5) is 15.4. The molecule has 0 atom stereocenters. The third kappa shape index (κ3) is 4.18. The van der Waals surface area contributed by atoms with Gasteiger partial charge in [0, 0.05) is 36.6 Å². The van der Waals surface area contributed by atoms with Gasteiger partial charge >= 0.3 is 0 Å². The lowest BCUT2D eigenvalue weighted by atomic mass is 9.98. The van der Waals surface area contributed by atoms with Gasteiger partial charge in [-0.25, -0.2) is 15.0 Å². The van der Waals surface area contributed by atoms with E-state index in [-0.39, 0.29) is 0 Å². The molecule has 1 aliphatic rings. The average molecular weight is 312 g/mol. The molecule has 1 aliphatic heterocycles. The van der Waals surface area contributed by atoms with Crippen LogP contribution in [-0.4, -0.2) is 34.6 Å². The van der Waals surface area contributed by atoms with Gasteiger partial charge in [0.2, 0.25) is 5.88 Å². The number of hydrogen-bond donors (Lipinski definition) is 0. The van der Waals surface area contributed by atoms with Crippen LogP contribution in [0.3, 0.4) is 0 Å². The minimum atomic E-state index is 0.584. The fourth-order valence-corrected chi connectivity index (χ4v) is 2.88. The van der Waals surface area contributed by atoms with E-state index in [1.165, 1.54) is 0 Å². The molecule has 122 valence electrons. The average Bonchev–Trinajstić information content (AvgIpc) is 2.60. The van der Waals surface area contributed by atoms with E-state index in [1.807, 2.05) is 25.1 Å². The number of aryl methyl sites for hydroxylation is 2. The summed E-state index contributed by atoms with van der Waals surface area (Å²) in [6, 6.07) is 8.00. The molecular weight excluding hydrogens is 288 g/mol.